The van der Waals surface area contributed by atoms with E-state index < -0.39 is 54.7 Å². The lowest BCUT2D eigenvalue weighted by atomic mass is 9.47. The monoisotopic (exact) mass is 316 g/mol. The second-order valence-corrected chi connectivity index (χ2v) is 6.33. The van der Waals surface area contributed by atoms with E-state index in [1.807, 2.05) is 0 Å². The van der Waals surface area contributed by atoms with Crippen LogP contribution in [-0.2, 0) is 0 Å². The maximum absolute atomic E-state index is 11.4. The molecule has 0 aromatic carbocycles. The van der Waals surface area contributed by atoms with Crippen LogP contribution in [0.4, 0.5) is 0 Å². The fourth-order valence-electron chi connectivity index (χ4n) is 5.14. The first kappa shape index (κ1) is 14.5. The van der Waals surface area contributed by atoms with E-state index in [0.717, 1.165) is 0 Å². The Kier molecular flexibility index (Phi) is 2.69. The summed E-state index contributed by atoms with van der Waals surface area (Å²) in [4.78, 5) is 41.9. The van der Waals surface area contributed by atoms with Crippen molar-refractivity contribution in [2.45, 2.75) is 37.0 Å². The molecule has 0 amide bonds. The van der Waals surface area contributed by atoms with Gasteiger partial charge in [0.05, 0.1) is 19.7 Å². The van der Waals surface area contributed by atoms with Gasteiger partial charge >= 0.3 is 11.3 Å². The maximum atomic E-state index is 11.4. The van der Waals surface area contributed by atoms with Crippen molar-refractivity contribution >= 4 is 0 Å². The Morgan fingerprint density at radius 1 is 0.545 bits per heavy atom. The molecule has 0 aliphatic heterocycles. The molecule has 0 aromatic rings. The van der Waals surface area contributed by atoms with E-state index in [4.69, 9.17) is 0 Å². The average molecular weight is 316 g/mol. The predicted octanol–water partition coefficient (Wildman–Crippen LogP) is 0.552. The van der Waals surface area contributed by atoms with Crippen LogP contribution in [0.3, 0.4) is 0 Å². The van der Waals surface area contributed by atoms with Crippen LogP contribution in [0.15, 0.2) is 0 Å². The summed E-state index contributed by atoms with van der Waals surface area (Å²) in [5.74, 6) is -3.97. The molecule has 0 N–H and O–H groups in total. The maximum Gasteiger partial charge on any atom is 0.463 e. The Balaban J connectivity index is 2.09. The standard InChI is InChI=1S/C10H12N4O8/c15-11(16)9(12(17)18)5-1-6-3-8(9)4-7(2-5)10(6,13(19)20)14(21)22/h5-8H,1-4H2. The Morgan fingerprint density at radius 2 is 0.727 bits per heavy atom. The third-order valence-electron chi connectivity index (χ3n) is 5.85. The van der Waals surface area contributed by atoms with Gasteiger partial charge in [-0.2, -0.15) is 0 Å². The van der Waals surface area contributed by atoms with Crippen molar-refractivity contribution in [2.24, 2.45) is 23.7 Å². The van der Waals surface area contributed by atoms with Crippen molar-refractivity contribution in [2.75, 3.05) is 0 Å². The molecule has 4 aliphatic carbocycles. The molecule has 0 atom stereocenters. The van der Waals surface area contributed by atoms with Crippen LogP contribution in [0.5, 0.6) is 0 Å². The predicted molar refractivity (Wildman–Crippen MR) is 65.9 cm³/mol. The SMILES string of the molecule is O=[N+]([O-])C1([N+](=O)[O-])C2CC3CC1CC(C2)C3([N+](=O)[O-])[N+](=O)[O-]. The lowest BCUT2D eigenvalue weighted by molar-refractivity contribution is -0.853. The van der Waals surface area contributed by atoms with Crippen LogP contribution in [-0.4, -0.2) is 31.0 Å². The minimum atomic E-state index is -2.35. The zero-order valence-electron chi connectivity index (χ0n) is 11.2. The van der Waals surface area contributed by atoms with Crippen LogP contribution >= 0.6 is 0 Å². The van der Waals surface area contributed by atoms with E-state index in [0.29, 0.717) is 0 Å². The molecule has 0 aromatic heterocycles. The van der Waals surface area contributed by atoms with Gasteiger partial charge in [0.2, 0.25) is 0 Å². The third kappa shape index (κ3) is 1.28. The minimum absolute atomic E-state index is 0.225. The van der Waals surface area contributed by atoms with Crippen molar-refractivity contribution in [3.63, 3.8) is 0 Å². The van der Waals surface area contributed by atoms with E-state index in [1.54, 1.807) is 0 Å². The number of hydrogen-bond acceptors (Lipinski definition) is 8. The summed E-state index contributed by atoms with van der Waals surface area (Å²) in [5, 5.41) is 45.5. The highest BCUT2D eigenvalue weighted by Crippen LogP contribution is 2.63. The zero-order chi connectivity index (χ0) is 16.4. The van der Waals surface area contributed by atoms with Gasteiger partial charge in [-0.3, -0.25) is 40.5 Å². The molecule has 4 aliphatic rings. The smallest absolute Gasteiger partial charge is 0.258 e. The molecule has 0 radical (unpaired) electrons. The number of hydrogen-bond donors (Lipinski definition) is 0. The molecule has 12 nitrogen and oxygen atoms in total. The molecule has 4 bridgehead atoms. The minimum Gasteiger partial charge on any atom is -0.258 e. The molecule has 4 fully saturated rings. The summed E-state index contributed by atoms with van der Waals surface area (Å²) >= 11 is 0. The third-order valence-corrected chi connectivity index (χ3v) is 5.85. The molecule has 22 heavy (non-hydrogen) atoms. The Hall–Kier alpha value is -2.40. The molecule has 12 heteroatoms. The summed E-state index contributed by atoms with van der Waals surface area (Å²) in [6.07, 6.45) is -0.901. The van der Waals surface area contributed by atoms with Crippen molar-refractivity contribution < 1.29 is 19.7 Å². The number of rotatable bonds is 4. The van der Waals surface area contributed by atoms with Gasteiger partial charge in [0.1, 0.15) is 23.7 Å². The fraction of sp³-hybridized carbons (Fsp3) is 1.00. The lowest BCUT2D eigenvalue weighted by Crippen LogP contribution is -2.74. The van der Waals surface area contributed by atoms with Gasteiger partial charge in [-0.15, -0.1) is 0 Å². The van der Waals surface area contributed by atoms with E-state index in [9.17, 15) is 40.5 Å². The van der Waals surface area contributed by atoms with Crippen LogP contribution in [0.2, 0.25) is 0 Å². The normalized spacial score (nSPS) is 36.7. The fourth-order valence-corrected chi connectivity index (χ4v) is 5.14. The molecular formula is C10H12N4O8. The highest BCUT2D eigenvalue weighted by atomic mass is 16.7. The molecule has 0 unspecified atom stereocenters. The second-order valence-electron chi connectivity index (χ2n) is 6.33. The number of nitrogens with zero attached hydrogens (tertiary/aromatic N) is 4. The second kappa shape index (κ2) is 4.08. The van der Waals surface area contributed by atoms with Crippen LogP contribution in [0, 0.1) is 64.1 Å². The van der Waals surface area contributed by atoms with Crippen molar-refractivity contribution in [3.05, 3.63) is 40.5 Å². The quantitative estimate of drug-likeness (QED) is 0.410. The van der Waals surface area contributed by atoms with Gasteiger partial charge in [-0.05, 0) is 25.7 Å². The van der Waals surface area contributed by atoms with E-state index in [-0.39, 0.29) is 25.7 Å². The van der Waals surface area contributed by atoms with E-state index in [2.05, 4.69) is 0 Å². The Bertz CT molecular complexity index is 494. The van der Waals surface area contributed by atoms with Gasteiger partial charge in [0, 0.05) is 0 Å². The van der Waals surface area contributed by atoms with E-state index in [1.165, 1.54) is 0 Å². The van der Waals surface area contributed by atoms with Crippen molar-refractivity contribution in [1.82, 2.24) is 0 Å². The first-order valence-corrected chi connectivity index (χ1v) is 6.78. The van der Waals surface area contributed by atoms with Crippen molar-refractivity contribution in [3.8, 4) is 0 Å². The average Bonchev–Trinajstić information content (AvgIpc) is 2.36. The van der Waals surface area contributed by atoms with Crippen LogP contribution < -0.4 is 0 Å². The van der Waals surface area contributed by atoms with Crippen LogP contribution in [0.1, 0.15) is 25.7 Å². The van der Waals surface area contributed by atoms with Crippen LogP contribution in [0.25, 0.3) is 0 Å². The van der Waals surface area contributed by atoms with Gasteiger partial charge in [-0.25, -0.2) is 0 Å². The van der Waals surface area contributed by atoms with Gasteiger partial charge in [0.15, 0.2) is 0 Å². The van der Waals surface area contributed by atoms with E-state index >= 15 is 0 Å². The largest absolute Gasteiger partial charge is 0.463 e. The topological polar surface area (TPSA) is 173 Å². The molecule has 4 rings (SSSR count). The summed E-state index contributed by atoms with van der Waals surface area (Å²) in [5.41, 5.74) is -4.71. The Morgan fingerprint density at radius 3 is 0.864 bits per heavy atom. The summed E-state index contributed by atoms with van der Waals surface area (Å²) in [6.45, 7) is 0. The first-order chi connectivity index (χ1) is 10.2. The lowest BCUT2D eigenvalue weighted by Gasteiger charge is -2.52. The molecule has 0 saturated heterocycles. The summed E-state index contributed by atoms with van der Waals surface area (Å²) in [6, 6.07) is 0. The van der Waals surface area contributed by atoms with Gasteiger partial charge in [-0.1, -0.05) is 0 Å². The number of nitro groups is 4. The van der Waals surface area contributed by atoms with Crippen molar-refractivity contribution in [1.29, 1.82) is 0 Å². The first-order valence-electron chi connectivity index (χ1n) is 6.78. The summed E-state index contributed by atoms with van der Waals surface area (Å²) < 4.78 is 0. The molecule has 120 valence electrons. The Labute approximate surface area is 122 Å². The highest BCUT2D eigenvalue weighted by molar-refractivity contribution is 5.09. The zero-order valence-corrected chi connectivity index (χ0v) is 11.2. The van der Waals surface area contributed by atoms with Gasteiger partial charge < -0.3 is 0 Å². The molecule has 0 heterocycles. The molecule has 4 saturated carbocycles. The molecular weight excluding hydrogens is 304 g/mol. The van der Waals surface area contributed by atoms with Gasteiger partial charge in [0.25, 0.3) is 0 Å². The molecule has 0 spiro atoms. The summed E-state index contributed by atoms with van der Waals surface area (Å²) in [7, 11) is 0. The highest BCUT2D eigenvalue weighted by Gasteiger charge is 2.85.